The molecular formula is C10H11LiS. The normalized spacial score (nSPS) is 21.9. The quantitative estimate of drug-likeness (QED) is 0.525. The maximum atomic E-state index is 2.32. The first-order valence-electron chi connectivity index (χ1n) is 4.39. The van der Waals surface area contributed by atoms with Crippen LogP contribution in [0.5, 0.6) is 0 Å². The van der Waals surface area contributed by atoms with Crippen molar-refractivity contribution in [1.82, 2.24) is 0 Å². The second kappa shape index (κ2) is 2.77. The van der Waals surface area contributed by atoms with E-state index < -0.39 is 0 Å². The second-order valence-corrected chi connectivity index (χ2v) is 4.95. The van der Waals surface area contributed by atoms with Gasteiger partial charge in [-0.05, 0) is 0 Å². The molecule has 1 aliphatic carbocycles. The van der Waals surface area contributed by atoms with E-state index in [4.69, 9.17) is 0 Å². The molecule has 0 N–H and O–H groups in total. The third kappa shape index (κ3) is 1.04. The van der Waals surface area contributed by atoms with Crippen LogP contribution in [0.25, 0.3) is 5.57 Å². The molecule has 1 unspecified atom stereocenters. The van der Waals surface area contributed by atoms with E-state index in [1.54, 1.807) is 10.5 Å². The van der Waals surface area contributed by atoms with Gasteiger partial charge in [-0.3, -0.25) is 0 Å². The summed E-state index contributed by atoms with van der Waals surface area (Å²) >= 11 is 4.26. The monoisotopic (exact) mass is 170 g/mol. The Morgan fingerprint density at radius 2 is 2.00 bits per heavy atom. The maximum absolute atomic E-state index is 2.32. The van der Waals surface area contributed by atoms with Crippen LogP contribution in [0, 0.1) is 6.92 Å². The molecule has 0 aliphatic heterocycles. The fraction of sp³-hybridized carbons (Fsp3) is 0.400. The molecule has 12 heavy (non-hydrogen) atoms. The standard InChI is InChI=1S/C10H11S.Li/c1-6-4-10-9(8(6)3)5-7(2)11-10;/h4-5H,1-3H3;. The molecule has 0 radical (unpaired) electrons. The van der Waals surface area contributed by atoms with Gasteiger partial charge in [-0.2, -0.15) is 0 Å². The summed E-state index contributed by atoms with van der Waals surface area (Å²) in [5.74, 6) is 0. The van der Waals surface area contributed by atoms with Gasteiger partial charge >= 0.3 is 86.9 Å². The van der Waals surface area contributed by atoms with Crippen molar-refractivity contribution in [2.24, 2.45) is 0 Å². The summed E-state index contributed by atoms with van der Waals surface area (Å²) < 4.78 is 0.665. The Morgan fingerprint density at radius 3 is 2.58 bits per heavy atom. The van der Waals surface area contributed by atoms with Crippen molar-refractivity contribution in [3.8, 4) is 0 Å². The Hall–Kier alpha value is 0.0374. The fourth-order valence-corrected chi connectivity index (χ4v) is 3.08. The van der Waals surface area contributed by atoms with E-state index >= 15 is 0 Å². The summed E-state index contributed by atoms with van der Waals surface area (Å²) in [4.78, 5) is 3.02. The molecule has 0 spiro atoms. The van der Waals surface area contributed by atoms with E-state index in [9.17, 15) is 0 Å². The van der Waals surface area contributed by atoms with E-state index in [2.05, 4.69) is 44.6 Å². The molecule has 1 heterocycles. The molecule has 2 rings (SSSR count). The first-order valence-corrected chi connectivity index (χ1v) is 5.21. The van der Waals surface area contributed by atoms with Crippen LogP contribution in [0.2, 0.25) is 0 Å². The summed E-state index contributed by atoms with van der Waals surface area (Å²) in [7, 11) is 0. The van der Waals surface area contributed by atoms with Crippen LogP contribution >= 0.6 is 11.3 Å². The Bertz CT molecular complexity index is 360. The molecule has 0 fully saturated rings. The SMILES string of the molecule is [Li][CH]1C(C)=C(C)c2cc(C)sc21. The van der Waals surface area contributed by atoms with Crippen LogP contribution in [0.1, 0.15) is 33.8 Å². The van der Waals surface area contributed by atoms with Crippen molar-refractivity contribution in [3.05, 3.63) is 27.0 Å². The van der Waals surface area contributed by atoms with E-state index in [-0.39, 0.29) is 0 Å². The molecule has 1 aromatic rings. The van der Waals surface area contributed by atoms with Crippen molar-refractivity contribution in [2.75, 3.05) is 0 Å². The number of hydrogen-bond acceptors (Lipinski definition) is 1. The molecule has 0 aromatic carbocycles. The number of rotatable bonds is 0. The van der Waals surface area contributed by atoms with Crippen LogP contribution in [-0.4, -0.2) is 17.7 Å². The van der Waals surface area contributed by atoms with Gasteiger partial charge in [0, 0.05) is 0 Å². The van der Waals surface area contributed by atoms with Crippen LogP contribution in [0.15, 0.2) is 11.6 Å². The molecule has 0 saturated carbocycles. The zero-order chi connectivity index (χ0) is 8.88. The zero-order valence-corrected chi connectivity index (χ0v) is 8.88. The van der Waals surface area contributed by atoms with Gasteiger partial charge in [0.2, 0.25) is 0 Å². The van der Waals surface area contributed by atoms with Crippen molar-refractivity contribution < 1.29 is 0 Å². The summed E-state index contributed by atoms with van der Waals surface area (Å²) in [6.07, 6.45) is 0. The van der Waals surface area contributed by atoms with E-state index in [0.29, 0.717) is 4.59 Å². The minimum absolute atomic E-state index is 0.665. The third-order valence-electron chi connectivity index (χ3n) is 2.92. The molecule has 0 bridgehead atoms. The number of allylic oxidation sites excluding steroid dienone is 2. The molecule has 0 nitrogen and oxygen atoms in total. The van der Waals surface area contributed by atoms with Crippen LogP contribution in [0.4, 0.5) is 0 Å². The third-order valence-corrected chi connectivity index (χ3v) is 4.16. The van der Waals surface area contributed by atoms with Gasteiger partial charge in [-0.1, -0.05) is 0 Å². The minimum atomic E-state index is 0.665. The summed E-state index contributed by atoms with van der Waals surface area (Å²) in [6, 6.07) is 2.32. The second-order valence-electron chi connectivity index (χ2n) is 3.66. The summed E-state index contributed by atoms with van der Waals surface area (Å²) in [5.41, 5.74) is 4.56. The van der Waals surface area contributed by atoms with Gasteiger partial charge < -0.3 is 0 Å². The van der Waals surface area contributed by atoms with Crippen LogP contribution in [0.3, 0.4) is 0 Å². The van der Waals surface area contributed by atoms with E-state index in [1.165, 1.54) is 16.0 Å². The Balaban J connectivity index is 2.63. The van der Waals surface area contributed by atoms with Gasteiger partial charge in [0.1, 0.15) is 0 Å². The summed E-state index contributed by atoms with van der Waals surface area (Å²) in [5, 5.41) is 0. The van der Waals surface area contributed by atoms with Crippen molar-refractivity contribution in [1.29, 1.82) is 0 Å². The predicted octanol–water partition coefficient (Wildman–Crippen LogP) is 3.07. The average Bonchev–Trinajstić information content (AvgIpc) is 2.49. The molecule has 2 heteroatoms. The Kier molecular flexibility index (Phi) is 1.99. The Labute approximate surface area is 86.9 Å². The van der Waals surface area contributed by atoms with Crippen molar-refractivity contribution in [2.45, 2.75) is 25.4 Å². The fourth-order valence-electron chi connectivity index (χ4n) is 1.88. The van der Waals surface area contributed by atoms with Gasteiger partial charge in [0.05, 0.1) is 0 Å². The first-order chi connectivity index (χ1) is 5.61. The van der Waals surface area contributed by atoms with E-state index in [1.807, 2.05) is 11.3 Å². The van der Waals surface area contributed by atoms with Crippen LogP contribution < -0.4 is 0 Å². The van der Waals surface area contributed by atoms with Gasteiger partial charge in [0.25, 0.3) is 0 Å². The molecular weight excluding hydrogens is 159 g/mol. The topological polar surface area (TPSA) is 0 Å². The van der Waals surface area contributed by atoms with Crippen LogP contribution in [-0.2, 0) is 0 Å². The molecule has 0 saturated heterocycles. The van der Waals surface area contributed by atoms with Crippen molar-refractivity contribution >= 4 is 34.6 Å². The summed E-state index contributed by atoms with van der Waals surface area (Å²) in [6.45, 7) is 6.68. The number of fused-ring (bicyclic) bond motifs is 1. The zero-order valence-electron chi connectivity index (χ0n) is 8.06. The Morgan fingerprint density at radius 1 is 1.33 bits per heavy atom. The molecule has 1 atom stereocenters. The number of hydrogen-bond donors (Lipinski definition) is 0. The van der Waals surface area contributed by atoms with Gasteiger partial charge in [-0.25, -0.2) is 0 Å². The molecule has 1 aliphatic rings. The van der Waals surface area contributed by atoms with Gasteiger partial charge in [0.15, 0.2) is 0 Å². The molecule has 0 amide bonds. The molecule has 1 aromatic heterocycles. The number of aryl methyl sites for hydroxylation is 1. The average molecular weight is 170 g/mol. The van der Waals surface area contributed by atoms with E-state index in [0.717, 1.165) is 0 Å². The first kappa shape index (κ1) is 8.63. The van der Waals surface area contributed by atoms with Crippen molar-refractivity contribution in [3.63, 3.8) is 0 Å². The number of thiophene rings is 1. The molecule has 58 valence electrons. The van der Waals surface area contributed by atoms with Gasteiger partial charge in [-0.15, -0.1) is 0 Å². The predicted molar refractivity (Wildman–Crippen MR) is 55.8 cm³/mol.